The topological polar surface area (TPSA) is 0 Å². The third kappa shape index (κ3) is 3.37. The minimum absolute atomic E-state index is 0.198. The molecule has 0 atom stereocenters. The summed E-state index contributed by atoms with van der Waals surface area (Å²) in [6.07, 6.45) is 0. The average molecular weight is 246 g/mol. The van der Waals surface area contributed by atoms with Crippen molar-refractivity contribution in [3.05, 3.63) is 34.9 Å². The summed E-state index contributed by atoms with van der Waals surface area (Å²) in [4.78, 5) is 0. The van der Waals surface area contributed by atoms with Gasteiger partial charge in [0.2, 0.25) is 0 Å². The predicted molar refractivity (Wildman–Crippen MR) is 82.5 cm³/mol. The molecular weight excluding hydrogens is 216 g/mol. The number of hydrogen-bond acceptors (Lipinski definition) is 0. The van der Waals surface area contributed by atoms with E-state index in [0.29, 0.717) is 0 Å². The lowest BCUT2D eigenvalue weighted by Gasteiger charge is -2.32. The predicted octanol–water partition coefficient (Wildman–Crippen LogP) is 5.58. The van der Waals surface area contributed by atoms with Gasteiger partial charge in [-0.2, -0.15) is 0 Å². The highest BCUT2D eigenvalue weighted by Gasteiger charge is 2.26. The molecule has 0 bridgehead atoms. The molecule has 0 saturated carbocycles. The van der Waals surface area contributed by atoms with E-state index in [-0.39, 0.29) is 16.2 Å². The summed E-state index contributed by atoms with van der Waals surface area (Å²) in [5, 5.41) is 0. The molecule has 0 aliphatic carbocycles. The Hall–Kier alpha value is -0.780. The lowest BCUT2D eigenvalue weighted by molar-refractivity contribution is 0.523. The fourth-order valence-electron chi connectivity index (χ4n) is 2.29. The van der Waals surface area contributed by atoms with E-state index in [1.165, 1.54) is 16.7 Å². The summed E-state index contributed by atoms with van der Waals surface area (Å²) in [5.41, 5.74) is 5.02. The Morgan fingerprint density at radius 1 is 0.556 bits per heavy atom. The molecule has 0 fully saturated rings. The number of benzene rings is 1. The van der Waals surface area contributed by atoms with Crippen molar-refractivity contribution in [3.8, 4) is 0 Å². The van der Waals surface area contributed by atoms with Gasteiger partial charge in [0.15, 0.2) is 0 Å². The minimum atomic E-state index is 0.198. The van der Waals surface area contributed by atoms with Gasteiger partial charge in [-0.1, -0.05) is 80.5 Å². The molecule has 0 unspecified atom stereocenters. The molecule has 1 aromatic rings. The molecule has 0 spiro atoms. The van der Waals surface area contributed by atoms with Crippen LogP contribution in [0.4, 0.5) is 0 Å². The Morgan fingerprint density at radius 2 is 1.00 bits per heavy atom. The Balaban J connectivity index is 3.50. The quantitative estimate of drug-likeness (QED) is 0.560. The Bertz CT molecular complexity index is 417. The van der Waals surface area contributed by atoms with E-state index in [2.05, 4.69) is 80.5 Å². The molecular formula is C18H30. The molecule has 18 heavy (non-hydrogen) atoms. The molecule has 0 aliphatic heterocycles. The summed E-state index contributed by atoms with van der Waals surface area (Å²) in [6.45, 7) is 20.7. The van der Waals surface area contributed by atoms with Crippen LogP contribution in [-0.2, 0) is 16.2 Å². The molecule has 0 saturated heterocycles. The third-order valence-electron chi connectivity index (χ3n) is 3.50. The molecule has 1 rings (SSSR count). The van der Waals surface area contributed by atoms with Crippen LogP contribution in [0.1, 0.15) is 79.0 Å². The summed E-state index contributed by atoms with van der Waals surface area (Å²) >= 11 is 0. The van der Waals surface area contributed by atoms with Crippen molar-refractivity contribution in [1.29, 1.82) is 0 Å². The fraction of sp³-hybridized carbons (Fsp3) is 0.667. The normalized spacial score (nSPS) is 13.8. The van der Waals surface area contributed by atoms with Crippen LogP contribution >= 0.6 is 0 Å². The van der Waals surface area contributed by atoms with Crippen molar-refractivity contribution in [2.45, 2.75) is 78.6 Å². The van der Waals surface area contributed by atoms with Crippen LogP contribution < -0.4 is 0 Å². The van der Waals surface area contributed by atoms with Crippen LogP contribution in [-0.4, -0.2) is 0 Å². The lowest BCUT2D eigenvalue weighted by atomic mass is 9.73. The van der Waals surface area contributed by atoms with Crippen LogP contribution in [0.15, 0.2) is 18.2 Å². The van der Waals surface area contributed by atoms with E-state index in [1.54, 1.807) is 0 Å². The van der Waals surface area contributed by atoms with Gasteiger partial charge < -0.3 is 0 Å². The molecule has 0 radical (unpaired) electrons. The average Bonchev–Trinajstić information content (AvgIpc) is 2.12. The first-order chi connectivity index (χ1) is 7.83. The van der Waals surface area contributed by atoms with Crippen molar-refractivity contribution in [2.24, 2.45) is 0 Å². The summed E-state index contributed by atoms with van der Waals surface area (Å²) < 4.78 is 0. The second-order valence-electron chi connectivity index (χ2n) is 8.51. The van der Waals surface area contributed by atoms with E-state index in [1.807, 2.05) is 0 Å². The molecule has 0 aromatic heterocycles. The van der Waals surface area contributed by atoms with E-state index < -0.39 is 0 Å². The number of hydrogen-bond donors (Lipinski definition) is 0. The van der Waals surface area contributed by atoms with Gasteiger partial charge in [0, 0.05) is 0 Å². The smallest absolute Gasteiger partial charge is 0.0129 e. The molecule has 0 nitrogen and oxygen atoms in total. The third-order valence-corrected chi connectivity index (χ3v) is 3.50. The van der Waals surface area contributed by atoms with Crippen LogP contribution in [0.2, 0.25) is 0 Å². The van der Waals surface area contributed by atoms with Gasteiger partial charge in [-0.3, -0.25) is 0 Å². The number of rotatable bonds is 0. The standard InChI is InChI=1S/C18H30/c1-16(2,3)13-10-11-14(17(4,5)6)15(12-13)18(7,8)9/h10-12H,1-9H3. The highest BCUT2D eigenvalue weighted by molar-refractivity contribution is 5.42. The molecule has 0 N–H and O–H groups in total. The van der Waals surface area contributed by atoms with E-state index in [4.69, 9.17) is 0 Å². The summed E-state index contributed by atoms with van der Waals surface area (Å²) in [5.74, 6) is 0. The summed E-state index contributed by atoms with van der Waals surface area (Å²) in [7, 11) is 0. The fourth-order valence-corrected chi connectivity index (χ4v) is 2.29. The maximum Gasteiger partial charge on any atom is -0.0129 e. The maximum atomic E-state index is 2.42. The minimum Gasteiger partial charge on any atom is -0.0582 e. The Labute approximate surface area is 114 Å². The van der Waals surface area contributed by atoms with Gasteiger partial charge in [0.25, 0.3) is 0 Å². The highest BCUT2D eigenvalue weighted by atomic mass is 14.3. The van der Waals surface area contributed by atoms with Gasteiger partial charge in [-0.15, -0.1) is 0 Å². The SMILES string of the molecule is CC(C)(C)c1ccc(C(C)(C)C)c(C(C)(C)C)c1. The summed E-state index contributed by atoms with van der Waals surface area (Å²) in [6, 6.07) is 7.05. The second-order valence-corrected chi connectivity index (χ2v) is 8.51. The van der Waals surface area contributed by atoms with Gasteiger partial charge in [-0.25, -0.2) is 0 Å². The Kier molecular flexibility index (Phi) is 3.74. The molecule has 0 heteroatoms. The largest absolute Gasteiger partial charge is 0.0582 e. The van der Waals surface area contributed by atoms with Gasteiger partial charge in [0.05, 0.1) is 0 Å². The van der Waals surface area contributed by atoms with Crippen molar-refractivity contribution in [1.82, 2.24) is 0 Å². The molecule has 0 aliphatic rings. The zero-order valence-electron chi connectivity index (χ0n) is 13.7. The van der Waals surface area contributed by atoms with Crippen LogP contribution in [0.3, 0.4) is 0 Å². The molecule has 102 valence electrons. The van der Waals surface area contributed by atoms with Crippen molar-refractivity contribution >= 4 is 0 Å². The van der Waals surface area contributed by atoms with Crippen LogP contribution in [0, 0.1) is 0 Å². The molecule has 0 amide bonds. The van der Waals surface area contributed by atoms with Crippen LogP contribution in [0.25, 0.3) is 0 Å². The Morgan fingerprint density at radius 3 is 1.33 bits per heavy atom. The van der Waals surface area contributed by atoms with Gasteiger partial charge in [-0.05, 0) is 32.9 Å². The van der Waals surface area contributed by atoms with Crippen molar-refractivity contribution < 1.29 is 0 Å². The van der Waals surface area contributed by atoms with Gasteiger partial charge >= 0.3 is 0 Å². The maximum absolute atomic E-state index is 2.42. The zero-order valence-corrected chi connectivity index (χ0v) is 13.7. The van der Waals surface area contributed by atoms with Crippen LogP contribution in [0.5, 0.6) is 0 Å². The first-order valence-electron chi connectivity index (χ1n) is 6.99. The van der Waals surface area contributed by atoms with Crippen molar-refractivity contribution in [2.75, 3.05) is 0 Å². The zero-order chi connectivity index (χ0) is 14.4. The van der Waals surface area contributed by atoms with Crippen molar-refractivity contribution in [3.63, 3.8) is 0 Å². The van der Waals surface area contributed by atoms with E-state index in [0.717, 1.165) is 0 Å². The molecule has 0 heterocycles. The highest BCUT2D eigenvalue weighted by Crippen LogP contribution is 2.36. The van der Waals surface area contributed by atoms with Gasteiger partial charge in [0.1, 0.15) is 0 Å². The second kappa shape index (κ2) is 4.40. The van der Waals surface area contributed by atoms with E-state index >= 15 is 0 Å². The monoisotopic (exact) mass is 246 g/mol. The first-order valence-corrected chi connectivity index (χ1v) is 6.99. The molecule has 1 aromatic carbocycles. The lowest BCUT2D eigenvalue weighted by Crippen LogP contribution is -2.23. The first kappa shape index (κ1) is 15.3. The van der Waals surface area contributed by atoms with E-state index in [9.17, 15) is 0 Å².